The smallest absolute Gasteiger partial charge is 0.346 e. The Labute approximate surface area is 269 Å². The molecule has 0 bridgehead atoms. The van der Waals surface area contributed by atoms with Crippen LogP contribution in [0.1, 0.15) is 78.2 Å². The van der Waals surface area contributed by atoms with Crippen molar-refractivity contribution >= 4 is 53.4 Å². The van der Waals surface area contributed by atoms with E-state index in [4.69, 9.17) is 4.84 Å². The van der Waals surface area contributed by atoms with Gasteiger partial charge in [0, 0.05) is 37.5 Å². The summed E-state index contributed by atoms with van der Waals surface area (Å²) < 4.78 is 0. The maximum Gasteiger partial charge on any atom is 0.355 e. The first-order valence-corrected chi connectivity index (χ1v) is 17.0. The number of hydroxylamine groups is 2. The van der Waals surface area contributed by atoms with Gasteiger partial charge in [0.15, 0.2) is 5.78 Å². The van der Waals surface area contributed by atoms with E-state index < -0.39 is 47.6 Å². The topological polar surface area (TPSA) is 156 Å². The first kappa shape index (κ1) is 37.6. The van der Waals surface area contributed by atoms with Gasteiger partial charge >= 0.3 is 5.97 Å². The molecule has 1 aliphatic heterocycles. The molecule has 0 spiro atoms. The van der Waals surface area contributed by atoms with Gasteiger partial charge < -0.3 is 20.3 Å². The number of carbonyl (C=O) groups excluding carboxylic acids is 7. The number of hydrogen-bond acceptors (Lipinski definition) is 9. The average molecular weight is 646 g/mol. The van der Waals surface area contributed by atoms with Crippen molar-refractivity contribution in [3.05, 3.63) is 35.9 Å². The first-order valence-electron chi connectivity index (χ1n) is 15.6. The van der Waals surface area contributed by atoms with E-state index in [0.29, 0.717) is 29.9 Å². The number of imide groups is 1. The van der Waals surface area contributed by atoms with Gasteiger partial charge in [-0.05, 0) is 48.7 Å². The number of hydrogen-bond donors (Lipinski definition) is 2. The van der Waals surface area contributed by atoms with Gasteiger partial charge in [0.1, 0.15) is 12.3 Å². The van der Waals surface area contributed by atoms with Crippen LogP contribution >= 0.6 is 11.8 Å². The van der Waals surface area contributed by atoms with E-state index in [-0.39, 0.29) is 62.1 Å². The molecular weight excluding hydrogens is 598 g/mol. The molecule has 1 heterocycles. The quantitative estimate of drug-likeness (QED) is 0.160. The number of nitrogens with zero attached hydrogens (tertiary/aromatic N) is 1. The normalized spacial score (nSPS) is 16.4. The summed E-state index contributed by atoms with van der Waals surface area (Å²) in [5, 5.41) is 6.03. The molecule has 1 fully saturated rings. The molecular formula is C33H47N3O8S. The highest BCUT2D eigenvalue weighted by atomic mass is 32.2. The van der Waals surface area contributed by atoms with E-state index in [1.54, 1.807) is 11.8 Å². The van der Waals surface area contributed by atoms with Crippen molar-refractivity contribution in [2.24, 2.45) is 23.7 Å². The van der Waals surface area contributed by atoms with Gasteiger partial charge in [0.05, 0.1) is 6.04 Å². The molecule has 248 valence electrons. The van der Waals surface area contributed by atoms with Gasteiger partial charge in [-0.1, -0.05) is 64.4 Å². The third-order valence-corrected chi connectivity index (χ3v) is 8.56. The molecule has 0 radical (unpaired) electrons. The predicted octanol–water partition coefficient (Wildman–Crippen LogP) is 3.43. The zero-order chi connectivity index (χ0) is 33.5. The van der Waals surface area contributed by atoms with E-state index in [0.717, 1.165) is 5.56 Å². The Bertz CT molecular complexity index is 1180. The third-order valence-electron chi connectivity index (χ3n) is 7.92. The number of aldehydes is 1. The van der Waals surface area contributed by atoms with Gasteiger partial charge in [-0.15, -0.1) is 5.06 Å². The Morgan fingerprint density at radius 3 is 2.16 bits per heavy atom. The lowest BCUT2D eigenvalue weighted by molar-refractivity contribution is -0.199. The van der Waals surface area contributed by atoms with E-state index >= 15 is 0 Å². The fourth-order valence-corrected chi connectivity index (χ4v) is 5.61. The number of carbonyl (C=O) groups is 7. The second kappa shape index (κ2) is 19.1. The molecule has 0 aromatic heterocycles. The maximum absolute atomic E-state index is 13.8. The van der Waals surface area contributed by atoms with E-state index in [2.05, 4.69) is 10.6 Å². The van der Waals surface area contributed by atoms with Crippen LogP contribution in [0.5, 0.6) is 0 Å². The zero-order valence-corrected chi connectivity index (χ0v) is 27.7. The molecule has 12 heteroatoms. The standard InChI is InChI=1S/C33H47N3O8S/c1-6-22(4)30(35-31(41)24(14-16-37)15-17-45-5)27(38)20-25(19-23-10-8-7-9-11-23)32(42)34-26(18-21(2)3)33(43)44-36-28(39)12-13-29(36)40/h7-11,16,21-22,24-26,30H,6,12-15,17-20H2,1-5H3,(H,34,42)(H,35,41)/t22?,24-,25+,26-,30-/m0/s1. The van der Waals surface area contributed by atoms with Crippen molar-refractivity contribution in [2.75, 3.05) is 12.0 Å². The minimum Gasteiger partial charge on any atom is -0.346 e. The lowest BCUT2D eigenvalue weighted by Crippen LogP contribution is -2.50. The number of ketones is 1. The fourth-order valence-electron chi connectivity index (χ4n) is 5.09. The van der Waals surface area contributed by atoms with Crippen molar-refractivity contribution in [3.63, 3.8) is 0 Å². The van der Waals surface area contributed by atoms with Crippen LogP contribution < -0.4 is 10.6 Å². The summed E-state index contributed by atoms with van der Waals surface area (Å²) in [7, 11) is 0. The second-order valence-electron chi connectivity index (χ2n) is 12.0. The summed E-state index contributed by atoms with van der Waals surface area (Å²) in [6.45, 7) is 7.45. The van der Waals surface area contributed by atoms with Crippen molar-refractivity contribution in [1.29, 1.82) is 0 Å². The van der Waals surface area contributed by atoms with Crippen molar-refractivity contribution < 1.29 is 38.4 Å². The Hall–Kier alpha value is -3.54. The number of amides is 4. The SMILES string of the molecule is CCC(C)[C@H](NC(=O)[C@@H](CC=O)CCSC)C(=O)C[C@@H](Cc1ccccc1)C(=O)N[C@@H](CC(C)C)C(=O)ON1C(=O)CCC1=O. The predicted molar refractivity (Wildman–Crippen MR) is 170 cm³/mol. The first-order chi connectivity index (χ1) is 21.4. The Kier molecular flexibility index (Phi) is 16.0. The highest BCUT2D eigenvalue weighted by Crippen LogP contribution is 2.21. The Morgan fingerprint density at radius 1 is 0.978 bits per heavy atom. The number of rotatable bonds is 20. The molecule has 0 saturated carbocycles. The summed E-state index contributed by atoms with van der Waals surface area (Å²) in [6.07, 6.45) is 3.78. The highest BCUT2D eigenvalue weighted by molar-refractivity contribution is 7.98. The zero-order valence-electron chi connectivity index (χ0n) is 26.9. The van der Waals surface area contributed by atoms with Gasteiger partial charge in [0.2, 0.25) is 11.8 Å². The molecule has 1 aliphatic rings. The molecule has 1 saturated heterocycles. The van der Waals surface area contributed by atoms with Crippen LogP contribution in [0, 0.1) is 23.7 Å². The van der Waals surface area contributed by atoms with Crippen molar-refractivity contribution in [2.45, 2.75) is 91.1 Å². The van der Waals surface area contributed by atoms with Crippen LogP contribution in [0.25, 0.3) is 0 Å². The second-order valence-corrected chi connectivity index (χ2v) is 13.0. The van der Waals surface area contributed by atoms with Gasteiger partial charge in [0.25, 0.3) is 11.8 Å². The van der Waals surface area contributed by atoms with Crippen LogP contribution in [-0.4, -0.2) is 70.8 Å². The van der Waals surface area contributed by atoms with Crippen LogP contribution in [0.15, 0.2) is 30.3 Å². The summed E-state index contributed by atoms with van der Waals surface area (Å²) >= 11 is 1.56. The summed E-state index contributed by atoms with van der Waals surface area (Å²) in [5.41, 5.74) is 0.800. The largest absolute Gasteiger partial charge is 0.355 e. The molecule has 1 aromatic carbocycles. The lowest BCUT2D eigenvalue weighted by atomic mass is 9.86. The molecule has 4 amide bonds. The van der Waals surface area contributed by atoms with Crippen LogP contribution in [0.3, 0.4) is 0 Å². The number of Topliss-reactive ketones (excluding diaryl/α,β-unsaturated/α-hetero) is 1. The molecule has 2 rings (SSSR count). The molecule has 45 heavy (non-hydrogen) atoms. The molecule has 1 aromatic rings. The summed E-state index contributed by atoms with van der Waals surface area (Å²) in [5.74, 6) is -4.54. The Balaban J connectivity index is 2.31. The molecule has 0 aliphatic carbocycles. The number of thioether (sulfide) groups is 1. The molecule has 11 nitrogen and oxygen atoms in total. The van der Waals surface area contributed by atoms with Crippen LogP contribution in [0.2, 0.25) is 0 Å². The van der Waals surface area contributed by atoms with E-state index in [1.807, 2.05) is 64.3 Å². The van der Waals surface area contributed by atoms with Crippen molar-refractivity contribution in [1.82, 2.24) is 15.7 Å². The fraction of sp³-hybridized carbons (Fsp3) is 0.606. The average Bonchev–Trinajstić information content (AvgIpc) is 3.32. The van der Waals surface area contributed by atoms with E-state index in [9.17, 15) is 33.6 Å². The molecule has 2 N–H and O–H groups in total. The van der Waals surface area contributed by atoms with Crippen molar-refractivity contribution in [3.8, 4) is 0 Å². The maximum atomic E-state index is 13.8. The summed E-state index contributed by atoms with van der Waals surface area (Å²) in [4.78, 5) is 94.3. The highest BCUT2D eigenvalue weighted by Gasteiger charge is 2.37. The van der Waals surface area contributed by atoms with Gasteiger partial charge in [-0.2, -0.15) is 11.8 Å². The van der Waals surface area contributed by atoms with E-state index in [1.165, 1.54) is 0 Å². The third kappa shape index (κ3) is 12.1. The number of nitrogens with one attached hydrogen (secondary N) is 2. The lowest BCUT2D eigenvalue weighted by Gasteiger charge is -2.28. The summed E-state index contributed by atoms with van der Waals surface area (Å²) in [6, 6.07) is 7.09. The van der Waals surface area contributed by atoms with Crippen LogP contribution in [-0.2, 0) is 44.8 Å². The van der Waals surface area contributed by atoms with Gasteiger partial charge in [-0.3, -0.25) is 24.0 Å². The monoisotopic (exact) mass is 645 g/mol. The Morgan fingerprint density at radius 2 is 1.60 bits per heavy atom. The van der Waals surface area contributed by atoms with Gasteiger partial charge in [-0.25, -0.2) is 4.79 Å². The minimum absolute atomic E-state index is 0.0504. The van der Waals surface area contributed by atoms with Crippen LogP contribution in [0.4, 0.5) is 0 Å². The molecule has 1 unspecified atom stereocenters. The number of benzene rings is 1. The minimum atomic E-state index is -1.17. The molecule has 5 atom stereocenters.